The number of hydrogen-bond donors (Lipinski definition) is 3. The van der Waals surface area contributed by atoms with Crippen molar-refractivity contribution in [1.82, 2.24) is 9.88 Å². The number of pyridine rings is 1. The van der Waals surface area contributed by atoms with Crippen LogP contribution in [0.5, 0.6) is 17.2 Å². The second-order valence-electron chi connectivity index (χ2n) is 10.3. The van der Waals surface area contributed by atoms with Crippen molar-refractivity contribution >= 4 is 39.1 Å². The summed E-state index contributed by atoms with van der Waals surface area (Å²) in [5.41, 5.74) is 4.69. The smallest absolute Gasteiger partial charge is 0.228 e. The van der Waals surface area contributed by atoms with E-state index in [0.717, 1.165) is 47.9 Å². The topological polar surface area (TPSA) is 105 Å². The van der Waals surface area contributed by atoms with Gasteiger partial charge in [0.05, 0.1) is 38.8 Å². The first-order valence-corrected chi connectivity index (χ1v) is 14.0. The molecule has 1 heterocycles. The van der Waals surface area contributed by atoms with Crippen molar-refractivity contribution in [2.75, 3.05) is 52.1 Å². The molecule has 0 radical (unpaired) electrons. The number of carbonyl (C=O) groups is 1. The number of likely N-dealkylation sites (N-methyl/N-ethyl adjacent to an activating group) is 1. The number of ether oxygens (including phenoxy) is 3. The summed E-state index contributed by atoms with van der Waals surface area (Å²) in [7, 11) is 6.91. The van der Waals surface area contributed by atoms with E-state index in [9.17, 15) is 9.59 Å². The van der Waals surface area contributed by atoms with Crippen LogP contribution >= 0.6 is 0 Å². The van der Waals surface area contributed by atoms with Gasteiger partial charge in [-0.25, -0.2) is 0 Å². The van der Waals surface area contributed by atoms with Gasteiger partial charge in [-0.05, 0) is 72.8 Å². The summed E-state index contributed by atoms with van der Waals surface area (Å²) in [6, 6.07) is 24.4. The van der Waals surface area contributed by atoms with Gasteiger partial charge in [-0.2, -0.15) is 0 Å². The van der Waals surface area contributed by atoms with E-state index in [4.69, 9.17) is 14.2 Å². The van der Waals surface area contributed by atoms with Gasteiger partial charge in [0.2, 0.25) is 5.91 Å². The Morgan fingerprint density at radius 1 is 0.791 bits per heavy atom. The number of aromatic nitrogens is 1. The lowest BCUT2D eigenvalue weighted by atomic mass is 10.0. The maximum Gasteiger partial charge on any atom is 0.228 e. The minimum atomic E-state index is -0.175. The minimum Gasteiger partial charge on any atom is -0.495 e. The summed E-state index contributed by atoms with van der Waals surface area (Å²) in [4.78, 5) is 31.7. The van der Waals surface area contributed by atoms with E-state index in [2.05, 4.69) is 27.6 Å². The molecule has 0 bridgehead atoms. The van der Waals surface area contributed by atoms with Gasteiger partial charge in [0.1, 0.15) is 5.75 Å². The number of nitrogens with one attached hydrogen (secondary N) is 3. The quantitative estimate of drug-likeness (QED) is 0.169. The number of nitrogens with zero attached hydrogens (tertiary/aromatic N) is 1. The predicted molar refractivity (Wildman–Crippen MR) is 172 cm³/mol. The lowest BCUT2D eigenvalue weighted by Gasteiger charge is -2.18. The number of benzene rings is 4. The highest BCUT2D eigenvalue weighted by atomic mass is 16.5. The van der Waals surface area contributed by atoms with E-state index in [-0.39, 0.29) is 17.8 Å². The number of aromatic amines is 1. The number of carbonyl (C=O) groups excluding carboxylic acids is 1. The highest BCUT2D eigenvalue weighted by Crippen LogP contribution is 2.28. The molecule has 0 atom stereocenters. The van der Waals surface area contributed by atoms with Crippen LogP contribution in [0.1, 0.15) is 11.1 Å². The van der Waals surface area contributed by atoms with Gasteiger partial charge < -0.3 is 34.7 Å². The fourth-order valence-corrected chi connectivity index (χ4v) is 5.18. The fraction of sp³-hybridized carbons (Fsp3) is 0.235. The van der Waals surface area contributed by atoms with Crippen molar-refractivity contribution in [3.05, 3.63) is 100 Å². The average Bonchev–Trinajstić information content (AvgIpc) is 3.02. The molecule has 4 aromatic carbocycles. The van der Waals surface area contributed by atoms with Crippen LogP contribution in [0.4, 0.5) is 11.4 Å². The highest BCUT2D eigenvalue weighted by Gasteiger charge is 2.14. The molecule has 0 saturated carbocycles. The second-order valence-corrected chi connectivity index (χ2v) is 10.3. The molecule has 1 aromatic heterocycles. The summed E-state index contributed by atoms with van der Waals surface area (Å²) >= 11 is 0. The van der Waals surface area contributed by atoms with Crippen LogP contribution in [-0.4, -0.2) is 57.3 Å². The Labute approximate surface area is 250 Å². The van der Waals surface area contributed by atoms with Crippen LogP contribution in [0.25, 0.3) is 21.8 Å². The molecule has 0 spiro atoms. The number of amides is 1. The van der Waals surface area contributed by atoms with Crippen LogP contribution in [0.3, 0.4) is 0 Å². The zero-order valence-electron chi connectivity index (χ0n) is 24.8. The highest BCUT2D eigenvalue weighted by molar-refractivity contribution is 5.99. The summed E-state index contributed by atoms with van der Waals surface area (Å²) < 4.78 is 16.2. The number of hydrogen-bond acceptors (Lipinski definition) is 7. The van der Waals surface area contributed by atoms with Crippen LogP contribution < -0.4 is 30.3 Å². The third-order valence-electron chi connectivity index (χ3n) is 7.38. The maximum atomic E-state index is 13.2. The lowest BCUT2D eigenvalue weighted by molar-refractivity contribution is -0.115. The average molecular weight is 581 g/mol. The van der Waals surface area contributed by atoms with Crippen LogP contribution in [0, 0.1) is 0 Å². The maximum absolute atomic E-state index is 13.2. The molecule has 5 rings (SSSR count). The number of methoxy groups -OCH3 is 3. The van der Waals surface area contributed by atoms with E-state index in [1.807, 2.05) is 48.5 Å². The van der Waals surface area contributed by atoms with E-state index >= 15 is 0 Å². The zero-order chi connectivity index (χ0) is 30.3. The van der Waals surface area contributed by atoms with Crippen molar-refractivity contribution in [2.24, 2.45) is 0 Å². The Morgan fingerprint density at radius 2 is 1.47 bits per heavy atom. The van der Waals surface area contributed by atoms with E-state index in [1.54, 1.807) is 51.7 Å². The van der Waals surface area contributed by atoms with Crippen molar-refractivity contribution < 1.29 is 19.0 Å². The Hall–Kier alpha value is -5.02. The van der Waals surface area contributed by atoms with Gasteiger partial charge in [-0.3, -0.25) is 9.59 Å². The third-order valence-corrected chi connectivity index (χ3v) is 7.38. The number of H-pyrrole nitrogens is 1. The number of para-hydroxylation sites is 2. The lowest BCUT2D eigenvalue weighted by Crippen LogP contribution is -2.24. The van der Waals surface area contributed by atoms with Crippen molar-refractivity contribution in [1.29, 1.82) is 0 Å². The normalized spacial score (nSPS) is 11.1. The molecular weight excluding hydrogens is 544 g/mol. The van der Waals surface area contributed by atoms with Gasteiger partial charge in [-0.1, -0.05) is 24.3 Å². The first kappa shape index (κ1) is 29.5. The Kier molecular flexibility index (Phi) is 9.12. The summed E-state index contributed by atoms with van der Waals surface area (Å²) in [5, 5.41) is 7.48. The Bertz CT molecular complexity index is 1800. The van der Waals surface area contributed by atoms with Gasteiger partial charge >= 0.3 is 0 Å². The summed E-state index contributed by atoms with van der Waals surface area (Å²) in [6.45, 7) is 2.37. The molecule has 0 aliphatic rings. The first-order chi connectivity index (χ1) is 20.9. The van der Waals surface area contributed by atoms with E-state index in [0.29, 0.717) is 33.2 Å². The number of anilines is 2. The third kappa shape index (κ3) is 6.73. The molecule has 9 heteroatoms. The van der Waals surface area contributed by atoms with Crippen LogP contribution in [0.2, 0.25) is 0 Å². The largest absolute Gasteiger partial charge is 0.495 e. The number of fused-ring (bicyclic) bond motifs is 2. The fourth-order valence-electron chi connectivity index (χ4n) is 5.18. The molecule has 3 N–H and O–H groups in total. The Balaban J connectivity index is 1.17. The van der Waals surface area contributed by atoms with Crippen LogP contribution in [-0.2, 0) is 17.8 Å². The molecule has 5 aromatic rings. The molecule has 0 fully saturated rings. The van der Waals surface area contributed by atoms with Gasteiger partial charge in [0.15, 0.2) is 16.9 Å². The van der Waals surface area contributed by atoms with Gasteiger partial charge in [-0.15, -0.1) is 0 Å². The molecule has 1 amide bonds. The predicted octanol–water partition coefficient (Wildman–Crippen LogP) is 5.43. The van der Waals surface area contributed by atoms with Crippen molar-refractivity contribution in [3.63, 3.8) is 0 Å². The molecule has 0 saturated heterocycles. The molecule has 0 aliphatic heterocycles. The first-order valence-electron chi connectivity index (χ1n) is 14.0. The van der Waals surface area contributed by atoms with Gasteiger partial charge in [0, 0.05) is 41.8 Å². The summed E-state index contributed by atoms with van der Waals surface area (Å²) in [6.07, 6.45) is 0.111. The van der Waals surface area contributed by atoms with Gasteiger partial charge in [0.25, 0.3) is 0 Å². The molecule has 43 heavy (non-hydrogen) atoms. The van der Waals surface area contributed by atoms with E-state index < -0.39 is 0 Å². The molecule has 222 valence electrons. The molecule has 0 unspecified atom stereocenters. The summed E-state index contributed by atoms with van der Waals surface area (Å²) in [5.74, 6) is 1.84. The second kappa shape index (κ2) is 13.3. The minimum absolute atomic E-state index is 0.0971. The number of rotatable bonds is 12. The molecular formula is C34H36N4O5. The van der Waals surface area contributed by atoms with Crippen molar-refractivity contribution in [3.8, 4) is 17.2 Å². The zero-order valence-corrected chi connectivity index (χ0v) is 24.8. The van der Waals surface area contributed by atoms with E-state index in [1.165, 1.54) is 0 Å². The van der Waals surface area contributed by atoms with Crippen LogP contribution in [0.15, 0.2) is 83.7 Å². The monoisotopic (exact) mass is 580 g/mol. The standard InChI is InChI=1S/C34H36N4O5/c1-38(21-22-11-16-28(41-2)30(19-22)43-4)18-17-35-24-12-14-25(15-13-24)36-31(39)20-23-7-5-8-26-32(23)37-33-27(34(26)40)9-6-10-29(33)42-3/h5-16,19,35H,17-18,20-21H2,1-4H3,(H,36,39)(H,37,40). The SMILES string of the molecule is COc1ccc(CN(C)CCNc2ccc(NC(=O)Cc3cccc4c(=O)c5cccc(OC)c5[nH]c34)cc2)cc1OC. The van der Waals surface area contributed by atoms with Crippen molar-refractivity contribution in [2.45, 2.75) is 13.0 Å². The Morgan fingerprint density at radius 3 is 2.19 bits per heavy atom. The molecule has 0 aliphatic carbocycles. The molecule has 9 nitrogen and oxygen atoms in total.